The van der Waals surface area contributed by atoms with Gasteiger partial charge in [-0.15, -0.1) is 21.6 Å². The third-order valence-electron chi connectivity index (χ3n) is 5.11. The maximum Gasteiger partial charge on any atom is 0.0597 e. The first-order chi connectivity index (χ1) is 14.0. The lowest BCUT2D eigenvalue weighted by molar-refractivity contribution is 0.899. The van der Waals surface area contributed by atoms with Gasteiger partial charge in [-0.05, 0) is 64.2 Å². The second-order valence-corrected chi connectivity index (χ2v) is 9.05. The van der Waals surface area contributed by atoms with Crippen molar-refractivity contribution in [3.05, 3.63) is 129 Å². The van der Waals surface area contributed by atoms with E-state index in [0.29, 0.717) is 10.0 Å². The molecule has 4 aromatic rings. The van der Waals surface area contributed by atoms with Gasteiger partial charge in [0.2, 0.25) is 0 Å². The number of hydrogen-bond donors (Lipinski definition) is 0. The van der Waals surface area contributed by atoms with E-state index in [1.807, 2.05) is 36.4 Å². The Balaban J connectivity index is 0.00000256. The maximum absolute atomic E-state index is 6.18. The van der Waals surface area contributed by atoms with E-state index in [4.69, 9.17) is 34.8 Å². The molecule has 0 heterocycles. The summed E-state index contributed by atoms with van der Waals surface area (Å²) in [7, 11) is 3.07. The molecule has 0 radical (unpaired) electrons. The summed E-state index contributed by atoms with van der Waals surface area (Å²) in [5.74, 6) is 0. The first-order valence-electron chi connectivity index (χ1n) is 9.15. The molecule has 0 aliphatic carbocycles. The zero-order valence-electron chi connectivity index (χ0n) is 15.9. The normalized spacial score (nSPS) is 11.1. The summed E-state index contributed by atoms with van der Waals surface area (Å²) >= 11 is 18.5. The molecule has 0 saturated carbocycles. The van der Waals surface area contributed by atoms with Gasteiger partial charge in [0.25, 0.3) is 0 Å². The zero-order valence-corrected chi connectivity index (χ0v) is 20.1. The van der Waals surface area contributed by atoms with Crippen LogP contribution in [0.2, 0.25) is 15.1 Å². The largest absolute Gasteiger partial charge is 0.147 e. The predicted octanol–water partition coefficient (Wildman–Crippen LogP) is 8.90. The summed E-state index contributed by atoms with van der Waals surface area (Å²) in [6.45, 7) is 0. The number of halogens is 4. The molecule has 0 fully saturated rings. The van der Waals surface area contributed by atoms with E-state index in [-0.39, 0.29) is 12.4 Å². The Hall–Kier alpha value is -1.53. The standard InChI is InChI=1S/C25H18Cl3P.ClH/c26-20-11-5-17(6-12-20)23-3-1-2-4-24(23)25(29,18-7-13-21(27)14-8-18)19-9-15-22(28)16-10-19;/h1-16H,29H2;1H. The van der Waals surface area contributed by atoms with Crippen LogP contribution < -0.4 is 0 Å². The summed E-state index contributed by atoms with van der Waals surface area (Å²) in [6.07, 6.45) is 0. The molecule has 0 aliphatic rings. The summed E-state index contributed by atoms with van der Waals surface area (Å²) in [5.41, 5.74) is 5.66. The van der Waals surface area contributed by atoms with E-state index in [0.717, 1.165) is 32.8 Å². The van der Waals surface area contributed by atoms with Crippen molar-refractivity contribution in [3.63, 3.8) is 0 Å². The third kappa shape index (κ3) is 4.54. The monoisotopic (exact) mass is 490 g/mol. The lowest BCUT2D eigenvalue weighted by Crippen LogP contribution is -2.22. The van der Waals surface area contributed by atoms with Crippen LogP contribution in [0.25, 0.3) is 11.1 Å². The van der Waals surface area contributed by atoms with Gasteiger partial charge in [-0.25, -0.2) is 0 Å². The van der Waals surface area contributed by atoms with Crippen LogP contribution in [-0.2, 0) is 5.16 Å². The Morgan fingerprint density at radius 1 is 0.533 bits per heavy atom. The minimum atomic E-state index is -0.481. The van der Waals surface area contributed by atoms with Crippen molar-refractivity contribution in [3.8, 4) is 11.1 Å². The molecule has 30 heavy (non-hydrogen) atoms. The SMILES string of the molecule is Cl.PC(c1ccc(Cl)cc1)(c1ccc(Cl)cc1)c1ccccc1-c1ccc(Cl)cc1. The fourth-order valence-corrected chi connectivity index (χ4v) is 4.63. The highest BCUT2D eigenvalue weighted by molar-refractivity contribution is 7.19. The van der Waals surface area contributed by atoms with Crippen LogP contribution in [0.3, 0.4) is 0 Å². The summed E-state index contributed by atoms with van der Waals surface area (Å²) in [4.78, 5) is 0. The molecule has 0 bridgehead atoms. The van der Waals surface area contributed by atoms with Crippen molar-refractivity contribution in [2.75, 3.05) is 0 Å². The summed E-state index contributed by atoms with van der Waals surface area (Å²) in [6, 6.07) is 32.4. The molecule has 5 heteroatoms. The number of benzene rings is 4. The van der Waals surface area contributed by atoms with Gasteiger partial charge in [0, 0.05) is 15.1 Å². The lowest BCUT2D eigenvalue weighted by atomic mass is 9.80. The molecule has 1 unspecified atom stereocenters. The van der Waals surface area contributed by atoms with Crippen molar-refractivity contribution in [1.29, 1.82) is 0 Å². The summed E-state index contributed by atoms with van der Waals surface area (Å²) < 4.78 is 0. The van der Waals surface area contributed by atoms with Crippen LogP contribution in [0.15, 0.2) is 97.1 Å². The molecule has 0 saturated heterocycles. The quantitative estimate of drug-likeness (QED) is 0.197. The number of rotatable bonds is 4. The molecule has 4 aromatic carbocycles. The lowest BCUT2D eigenvalue weighted by Gasteiger charge is -2.33. The highest BCUT2D eigenvalue weighted by Crippen LogP contribution is 2.48. The van der Waals surface area contributed by atoms with Gasteiger partial charge in [0.1, 0.15) is 0 Å². The van der Waals surface area contributed by atoms with E-state index < -0.39 is 5.16 Å². The van der Waals surface area contributed by atoms with Gasteiger partial charge >= 0.3 is 0 Å². The Morgan fingerprint density at radius 3 is 1.40 bits per heavy atom. The fraction of sp³-hybridized carbons (Fsp3) is 0.0400. The van der Waals surface area contributed by atoms with Gasteiger partial charge < -0.3 is 0 Å². The first-order valence-corrected chi connectivity index (χ1v) is 10.9. The molecule has 0 aliphatic heterocycles. The highest BCUT2D eigenvalue weighted by atomic mass is 35.5. The minimum Gasteiger partial charge on any atom is -0.147 e. The highest BCUT2D eigenvalue weighted by Gasteiger charge is 2.33. The van der Waals surface area contributed by atoms with E-state index in [2.05, 4.69) is 69.9 Å². The Morgan fingerprint density at radius 2 is 0.933 bits per heavy atom. The Kier molecular flexibility index (Phi) is 7.51. The minimum absolute atomic E-state index is 0. The van der Waals surface area contributed by atoms with Gasteiger partial charge in [-0.3, -0.25) is 0 Å². The molecule has 0 nitrogen and oxygen atoms in total. The fourth-order valence-electron chi connectivity index (χ4n) is 3.61. The molecular formula is C25H19Cl4P. The van der Waals surface area contributed by atoms with Crippen molar-refractivity contribution in [1.82, 2.24) is 0 Å². The first kappa shape index (κ1) is 23.1. The van der Waals surface area contributed by atoms with Crippen LogP contribution >= 0.6 is 56.4 Å². The van der Waals surface area contributed by atoms with Crippen molar-refractivity contribution >= 4 is 56.4 Å². The van der Waals surface area contributed by atoms with Crippen LogP contribution in [0.5, 0.6) is 0 Å². The molecule has 0 amide bonds. The third-order valence-corrected chi connectivity index (χ3v) is 6.84. The van der Waals surface area contributed by atoms with Crippen LogP contribution in [-0.4, -0.2) is 0 Å². The van der Waals surface area contributed by atoms with Gasteiger partial charge in [0.15, 0.2) is 0 Å². The number of hydrogen-bond acceptors (Lipinski definition) is 0. The second-order valence-electron chi connectivity index (χ2n) is 6.87. The van der Waals surface area contributed by atoms with Crippen LogP contribution in [0.1, 0.15) is 16.7 Å². The molecule has 0 spiro atoms. The molecular weight excluding hydrogens is 473 g/mol. The van der Waals surface area contributed by atoms with Crippen molar-refractivity contribution in [2.45, 2.75) is 5.16 Å². The topological polar surface area (TPSA) is 0 Å². The summed E-state index contributed by atoms with van der Waals surface area (Å²) in [5, 5.41) is 1.66. The molecule has 0 N–H and O–H groups in total. The smallest absolute Gasteiger partial charge is 0.0597 e. The molecule has 4 rings (SSSR count). The van der Waals surface area contributed by atoms with E-state index in [1.165, 1.54) is 0 Å². The molecule has 0 aromatic heterocycles. The Labute approximate surface area is 200 Å². The average molecular weight is 492 g/mol. The van der Waals surface area contributed by atoms with Crippen molar-refractivity contribution < 1.29 is 0 Å². The predicted molar refractivity (Wildman–Crippen MR) is 137 cm³/mol. The molecule has 1 atom stereocenters. The van der Waals surface area contributed by atoms with Gasteiger partial charge in [0.05, 0.1) is 5.16 Å². The van der Waals surface area contributed by atoms with Crippen LogP contribution in [0.4, 0.5) is 0 Å². The average Bonchev–Trinajstić information content (AvgIpc) is 2.75. The maximum atomic E-state index is 6.18. The van der Waals surface area contributed by atoms with Crippen molar-refractivity contribution in [2.24, 2.45) is 0 Å². The second kappa shape index (κ2) is 9.73. The zero-order chi connectivity index (χ0) is 20.4. The van der Waals surface area contributed by atoms with E-state index in [1.54, 1.807) is 0 Å². The van der Waals surface area contributed by atoms with Crippen LogP contribution in [0, 0.1) is 0 Å². The molecule has 152 valence electrons. The van der Waals surface area contributed by atoms with Gasteiger partial charge in [-0.1, -0.05) is 95.5 Å². The van der Waals surface area contributed by atoms with Gasteiger partial charge in [-0.2, -0.15) is 0 Å². The van der Waals surface area contributed by atoms with E-state index >= 15 is 0 Å². The Bertz CT molecular complexity index is 1080. The van der Waals surface area contributed by atoms with E-state index in [9.17, 15) is 0 Å².